The van der Waals surface area contributed by atoms with E-state index in [4.69, 9.17) is 4.42 Å². The summed E-state index contributed by atoms with van der Waals surface area (Å²) >= 11 is 1.44. The predicted molar refractivity (Wildman–Crippen MR) is 90.4 cm³/mol. The number of hydrogen-bond acceptors (Lipinski definition) is 4. The maximum absolute atomic E-state index is 11.7. The predicted octanol–water partition coefficient (Wildman–Crippen LogP) is 3.86. The van der Waals surface area contributed by atoms with Crippen LogP contribution in [0.15, 0.2) is 64.6 Å². The molecule has 0 fully saturated rings. The van der Waals surface area contributed by atoms with E-state index < -0.39 is 6.10 Å². The van der Waals surface area contributed by atoms with E-state index in [1.165, 1.54) is 11.3 Å². The highest BCUT2D eigenvalue weighted by Gasteiger charge is 2.10. The van der Waals surface area contributed by atoms with Crippen LogP contribution in [0.5, 0.6) is 0 Å². The molecule has 2 heterocycles. The number of nitrogens with one attached hydrogen (secondary N) is 2. The average molecular weight is 328 g/mol. The molecule has 3 N–H and O–H groups in total. The van der Waals surface area contributed by atoms with Crippen LogP contribution in [0.1, 0.15) is 11.7 Å². The molecule has 5 nitrogen and oxygen atoms in total. The van der Waals surface area contributed by atoms with Crippen LogP contribution in [-0.4, -0.2) is 17.7 Å². The number of urea groups is 1. The van der Waals surface area contributed by atoms with Gasteiger partial charge < -0.3 is 14.8 Å². The molecule has 0 aliphatic carbocycles. The standard InChI is InChI=1S/C17H16N2O3S/c20-14(11-18-17(21)19-16-4-2-10-23-16)12-5-7-13(8-6-12)15-3-1-9-22-15/h1-10,14,20H,11H2,(H2,18,19,21). The number of carbonyl (C=O) groups is 1. The van der Waals surface area contributed by atoms with Gasteiger partial charge in [0, 0.05) is 12.1 Å². The summed E-state index contributed by atoms with van der Waals surface area (Å²) < 4.78 is 5.32. The summed E-state index contributed by atoms with van der Waals surface area (Å²) in [5.74, 6) is 0.777. The Morgan fingerprint density at radius 1 is 1.17 bits per heavy atom. The van der Waals surface area contributed by atoms with Crippen LogP contribution in [0.2, 0.25) is 0 Å². The molecule has 1 atom stereocenters. The second kappa shape index (κ2) is 7.13. The van der Waals surface area contributed by atoms with Gasteiger partial charge in [0.15, 0.2) is 0 Å². The van der Waals surface area contributed by atoms with Crippen molar-refractivity contribution in [3.8, 4) is 11.3 Å². The highest BCUT2D eigenvalue weighted by Crippen LogP contribution is 2.22. The van der Waals surface area contributed by atoms with Crippen LogP contribution in [0.3, 0.4) is 0 Å². The van der Waals surface area contributed by atoms with Crippen LogP contribution in [0.25, 0.3) is 11.3 Å². The Morgan fingerprint density at radius 3 is 2.65 bits per heavy atom. The fourth-order valence-corrected chi connectivity index (χ4v) is 2.74. The zero-order chi connectivity index (χ0) is 16.1. The highest BCUT2D eigenvalue weighted by molar-refractivity contribution is 7.14. The van der Waals surface area contributed by atoms with Crippen molar-refractivity contribution in [2.75, 3.05) is 11.9 Å². The van der Waals surface area contributed by atoms with Crippen molar-refractivity contribution in [1.82, 2.24) is 5.32 Å². The number of hydrogen-bond donors (Lipinski definition) is 3. The molecular formula is C17H16N2O3S. The van der Waals surface area contributed by atoms with E-state index in [1.807, 2.05) is 53.9 Å². The van der Waals surface area contributed by atoms with E-state index in [-0.39, 0.29) is 12.6 Å². The van der Waals surface area contributed by atoms with Gasteiger partial charge in [0.2, 0.25) is 0 Å². The quantitative estimate of drug-likeness (QED) is 0.666. The zero-order valence-corrected chi connectivity index (χ0v) is 13.0. The summed E-state index contributed by atoms with van der Waals surface area (Å²) in [7, 11) is 0. The molecule has 0 aliphatic heterocycles. The Morgan fingerprint density at radius 2 is 2.00 bits per heavy atom. The summed E-state index contributed by atoms with van der Waals surface area (Å²) in [6, 6.07) is 14.4. The second-order valence-corrected chi connectivity index (χ2v) is 5.88. The van der Waals surface area contributed by atoms with E-state index in [1.54, 1.807) is 6.26 Å². The molecule has 0 bridgehead atoms. The number of furan rings is 1. The summed E-state index contributed by atoms with van der Waals surface area (Å²) in [5, 5.41) is 18.1. The third kappa shape index (κ3) is 4.00. The van der Waals surface area contributed by atoms with Crippen molar-refractivity contribution in [2.45, 2.75) is 6.10 Å². The lowest BCUT2D eigenvalue weighted by molar-refractivity contribution is 0.175. The van der Waals surface area contributed by atoms with E-state index in [2.05, 4.69) is 10.6 Å². The first-order valence-electron chi connectivity index (χ1n) is 7.12. The number of anilines is 1. The number of benzene rings is 1. The fraction of sp³-hybridized carbons (Fsp3) is 0.118. The molecule has 0 radical (unpaired) electrons. The van der Waals surface area contributed by atoms with Gasteiger partial charge in [0.05, 0.1) is 17.4 Å². The van der Waals surface area contributed by atoms with Gasteiger partial charge in [-0.25, -0.2) is 4.79 Å². The molecule has 2 aromatic heterocycles. The first-order valence-corrected chi connectivity index (χ1v) is 8.00. The molecule has 1 aromatic carbocycles. The molecule has 118 valence electrons. The Kier molecular flexibility index (Phi) is 4.75. The number of carbonyl (C=O) groups excluding carboxylic acids is 1. The van der Waals surface area contributed by atoms with Crippen LogP contribution in [0, 0.1) is 0 Å². The maximum atomic E-state index is 11.7. The molecule has 0 saturated carbocycles. The second-order valence-electron chi connectivity index (χ2n) is 4.93. The van der Waals surface area contributed by atoms with Crippen LogP contribution < -0.4 is 10.6 Å². The minimum Gasteiger partial charge on any atom is -0.464 e. The van der Waals surface area contributed by atoms with Gasteiger partial charge in [-0.2, -0.15) is 0 Å². The summed E-state index contributed by atoms with van der Waals surface area (Å²) in [6.45, 7) is 0.136. The maximum Gasteiger partial charge on any atom is 0.319 e. The first kappa shape index (κ1) is 15.3. The average Bonchev–Trinajstić information content (AvgIpc) is 3.26. The smallest absolute Gasteiger partial charge is 0.319 e. The summed E-state index contributed by atoms with van der Waals surface area (Å²) in [5.41, 5.74) is 1.67. The SMILES string of the molecule is O=C(NCC(O)c1ccc(-c2ccco2)cc1)Nc1cccs1. The van der Waals surface area contributed by atoms with Gasteiger partial charge in [-0.15, -0.1) is 11.3 Å². The van der Waals surface area contributed by atoms with Gasteiger partial charge in [-0.05, 0) is 35.2 Å². The first-order chi connectivity index (χ1) is 11.2. The third-order valence-corrected chi connectivity index (χ3v) is 4.10. The summed E-state index contributed by atoms with van der Waals surface area (Å²) in [6.07, 6.45) is 0.851. The topological polar surface area (TPSA) is 74.5 Å². The monoisotopic (exact) mass is 328 g/mol. The third-order valence-electron chi connectivity index (χ3n) is 3.32. The Balaban J connectivity index is 1.53. The van der Waals surface area contributed by atoms with E-state index >= 15 is 0 Å². The lowest BCUT2D eigenvalue weighted by Crippen LogP contribution is -2.32. The lowest BCUT2D eigenvalue weighted by atomic mass is 10.1. The number of aliphatic hydroxyl groups is 1. The molecule has 6 heteroatoms. The van der Waals surface area contributed by atoms with E-state index in [9.17, 15) is 9.90 Å². The van der Waals surface area contributed by atoms with Crippen LogP contribution in [0.4, 0.5) is 9.80 Å². The van der Waals surface area contributed by atoms with Crippen molar-refractivity contribution in [3.05, 3.63) is 65.7 Å². The largest absolute Gasteiger partial charge is 0.464 e. The molecule has 0 spiro atoms. The van der Waals surface area contributed by atoms with E-state index in [0.717, 1.165) is 21.9 Å². The Hall–Kier alpha value is -2.57. The molecular weight excluding hydrogens is 312 g/mol. The van der Waals surface area contributed by atoms with Gasteiger partial charge in [-0.3, -0.25) is 5.32 Å². The van der Waals surface area contributed by atoms with Crippen LogP contribution >= 0.6 is 11.3 Å². The number of thiophene rings is 1. The van der Waals surface area contributed by atoms with Crippen molar-refractivity contribution < 1.29 is 14.3 Å². The van der Waals surface area contributed by atoms with Gasteiger partial charge in [0.25, 0.3) is 0 Å². The van der Waals surface area contributed by atoms with E-state index in [0.29, 0.717) is 0 Å². The van der Waals surface area contributed by atoms with Crippen molar-refractivity contribution in [2.24, 2.45) is 0 Å². The van der Waals surface area contributed by atoms with Crippen molar-refractivity contribution in [3.63, 3.8) is 0 Å². The number of aliphatic hydroxyl groups excluding tert-OH is 1. The molecule has 0 saturated heterocycles. The van der Waals surface area contributed by atoms with Crippen LogP contribution in [-0.2, 0) is 0 Å². The minimum absolute atomic E-state index is 0.136. The minimum atomic E-state index is -0.769. The summed E-state index contributed by atoms with van der Waals surface area (Å²) in [4.78, 5) is 11.7. The van der Waals surface area contributed by atoms with Crippen molar-refractivity contribution >= 4 is 22.4 Å². The van der Waals surface area contributed by atoms with Gasteiger partial charge >= 0.3 is 6.03 Å². The Labute approximate surface area is 137 Å². The molecule has 23 heavy (non-hydrogen) atoms. The normalized spacial score (nSPS) is 11.9. The lowest BCUT2D eigenvalue weighted by Gasteiger charge is -2.13. The number of amides is 2. The molecule has 3 rings (SSSR count). The van der Waals surface area contributed by atoms with Crippen molar-refractivity contribution in [1.29, 1.82) is 0 Å². The van der Waals surface area contributed by atoms with Gasteiger partial charge in [0.1, 0.15) is 5.76 Å². The molecule has 1 unspecified atom stereocenters. The highest BCUT2D eigenvalue weighted by atomic mass is 32.1. The molecule has 2 amide bonds. The zero-order valence-electron chi connectivity index (χ0n) is 12.2. The van der Waals surface area contributed by atoms with Gasteiger partial charge in [-0.1, -0.05) is 24.3 Å². The Bertz CT molecular complexity index is 737. The number of rotatable bonds is 5. The molecule has 3 aromatic rings. The fourth-order valence-electron chi connectivity index (χ4n) is 2.13. The molecule has 0 aliphatic rings.